The molecule has 2 N–H and O–H groups in total. The van der Waals surface area contributed by atoms with Crippen LogP contribution in [0.1, 0.15) is 59.8 Å². The SMILES string of the molecule is CC1CCC(NC(=O)CCNC(=O)OC(C)(C)C)CC1. The molecule has 2 amide bonds. The zero-order valence-electron chi connectivity index (χ0n) is 13.1. The highest BCUT2D eigenvalue weighted by Gasteiger charge is 2.20. The van der Waals surface area contributed by atoms with E-state index in [2.05, 4.69) is 17.6 Å². The average molecular weight is 284 g/mol. The molecule has 0 bridgehead atoms. The van der Waals surface area contributed by atoms with Crippen LogP contribution in [0, 0.1) is 5.92 Å². The van der Waals surface area contributed by atoms with Gasteiger partial charge in [-0.3, -0.25) is 4.79 Å². The van der Waals surface area contributed by atoms with Gasteiger partial charge in [-0.2, -0.15) is 0 Å². The van der Waals surface area contributed by atoms with Gasteiger partial charge >= 0.3 is 6.09 Å². The molecule has 20 heavy (non-hydrogen) atoms. The van der Waals surface area contributed by atoms with E-state index in [1.807, 2.05) is 20.8 Å². The molecule has 1 saturated carbocycles. The van der Waals surface area contributed by atoms with Crippen LogP contribution >= 0.6 is 0 Å². The number of amides is 2. The van der Waals surface area contributed by atoms with Crippen LogP contribution in [-0.4, -0.2) is 30.2 Å². The molecular formula is C15H28N2O3. The number of hydrogen-bond donors (Lipinski definition) is 2. The monoisotopic (exact) mass is 284 g/mol. The molecule has 1 fully saturated rings. The Morgan fingerprint density at radius 1 is 1.15 bits per heavy atom. The standard InChI is InChI=1S/C15H28N2O3/c1-11-5-7-12(8-6-11)17-13(18)9-10-16-14(19)20-15(2,3)4/h11-12H,5-10H2,1-4H3,(H,16,19)(H,17,18). The Morgan fingerprint density at radius 3 is 2.30 bits per heavy atom. The van der Waals surface area contributed by atoms with Gasteiger partial charge in [0.05, 0.1) is 0 Å². The second-order valence-electron chi connectivity index (χ2n) is 6.70. The summed E-state index contributed by atoms with van der Waals surface area (Å²) in [7, 11) is 0. The molecule has 0 aliphatic heterocycles. The molecule has 0 spiro atoms. The number of alkyl carbamates (subject to hydrolysis) is 1. The topological polar surface area (TPSA) is 67.4 Å². The number of carbonyl (C=O) groups excluding carboxylic acids is 2. The van der Waals surface area contributed by atoms with Crippen LogP contribution in [0.3, 0.4) is 0 Å². The maximum Gasteiger partial charge on any atom is 0.407 e. The molecule has 1 rings (SSSR count). The van der Waals surface area contributed by atoms with Crippen molar-refractivity contribution in [3.8, 4) is 0 Å². The van der Waals surface area contributed by atoms with Crippen molar-refractivity contribution in [3.05, 3.63) is 0 Å². The van der Waals surface area contributed by atoms with Crippen molar-refractivity contribution in [1.29, 1.82) is 0 Å². The highest BCUT2D eigenvalue weighted by Crippen LogP contribution is 2.23. The molecule has 0 saturated heterocycles. The predicted octanol–water partition coefficient (Wildman–Crippen LogP) is 2.60. The van der Waals surface area contributed by atoms with Crippen LogP contribution < -0.4 is 10.6 Å². The Morgan fingerprint density at radius 2 is 1.75 bits per heavy atom. The second-order valence-corrected chi connectivity index (χ2v) is 6.70. The predicted molar refractivity (Wildman–Crippen MR) is 78.4 cm³/mol. The quantitative estimate of drug-likeness (QED) is 0.834. The smallest absolute Gasteiger partial charge is 0.407 e. The van der Waals surface area contributed by atoms with Gasteiger partial charge in [-0.05, 0) is 52.4 Å². The second kappa shape index (κ2) is 7.50. The van der Waals surface area contributed by atoms with Crippen LogP contribution in [0.15, 0.2) is 0 Å². The molecular weight excluding hydrogens is 256 g/mol. The van der Waals surface area contributed by atoms with E-state index in [1.54, 1.807) is 0 Å². The lowest BCUT2D eigenvalue weighted by atomic mass is 9.87. The maximum absolute atomic E-state index is 11.8. The van der Waals surface area contributed by atoms with E-state index in [0.717, 1.165) is 18.8 Å². The third-order valence-electron chi connectivity index (χ3n) is 3.40. The molecule has 0 aromatic heterocycles. The van der Waals surface area contributed by atoms with Gasteiger partial charge < -0.3 is 15.4 Å². The number of ether oxygens (including phenoxy) is 1. The van der Waals surface area contributed by atoms with Crippen molar-refractivity contribution in [3.63, 3.8) is 0 Å². The summed E-state index contributed by atoms with van der Waals surface area (Å²) in [5, 5.41) is 5.62. The minimum atomic E-state index is -0.509. The zero-order valence-corrected chi connectivity index (χ0v) is 13.1. The summed E-state index contributed by atoms with van der Waals surface area (Å²) in [6.45, 7) is 7.99. The van der Waals surface area contributed by atoms with Crippen molar-refractivity contribution < 1.29 is 14.3 Å². The lowest BCUT2D eigenvalue weighted by Crippen LogP contribution is -2.39. The molecule has 0 heterocycles. The van der Waals surface area contributed by atoms with Gasteiger partial charge in [0.15, 0.2) is 0 Å². The van der Waals surface area contributed by atoms with E-state index in [4.69, 9.17) is 4.74 Å². The fourth-order valence-electron chi connectivity index (χ4n) is 2.30. The third kappa shape index (κ3) is 7.36. The molecule has 0 atom stereocenters. The summed E-state index contributed by atoms with van der Waals surface area (Å²) >= 11 is 0. The molecule has 0 radical (unpaired) electrons. The third-order valence-corrected chi connectivity index (χ3v) is 3.40. The number of rotatable bonds is 4. The molecule has 0 unspecified atom stereocenters. The van der Waals surface area contributed by atoms with Crippen molar-refractivity contribution in [2.45, 2.75) is 71.4 Å². The number of nitrogens with one attached hydrogen (secondary N) is 2. The van der Waals surface area contributed by atoms with Gasteiger partial charge in [-0.25, -0.2) is 4.79 Å². The highest BCUT2D eigenvalue weighted by atomic mass is 16.6. The van der Waals surface area contributed by atoms with Crippen molar-refractivity contribution in [2.75, 3.05) is 6.54 Å². The van der Waals surface area contributed by atoms with E-state index in [1.165, 1.54) is 12.8 Å². The first kappa shape index (κ1) is 16.8. The van der Waals surface area contributed by atoms with Crippen LogP contribution in [0.2, 0.25) is 0 Å². The van der Waals surface area contributed by atoms with Gasteiger partial charge in [-0.1, -0.05) is 6.92 Å². The highest BCUT2D eigenvalue weighted by molar-refractivity contribution is 5.77. The van der Waals surface area contributed by atoms with Gasteiger partial charge in [0.25, 0.3) is 0 Å². The molecule has 116 valence electrons. The molecule has 1 aliphatic carbocycles. The summed E-state index contributed by atoms with van der Waals surface area (Å²) in [5.41, 5.74) is -0.509. The van der Waals surface area contributed by atoms with E-state index in [9.17, 15) is 9.59 Å². The fourth-order valence-corrected chi connectivity index (χ4v) is 2.30. The fraction of sp³-hybridized carbons (Fsp3) is 0.867. The van der Waals surface area contributed by atoms with Crippen molar-refractivity contribution >= 4 is 12.0 Å². The van der Waals surface area contributed by atoms with Crippen LogP contribution in [0.25, 0.3) is 0 Å². The van der Waals surface area contributed by atoms with Gasteiger partial charge in [0, 0.05) is 19.0 Å². The Bertz CT molecular complexity index is 329. The van der Waals surface area contributed by atoms with Gasteiger partial charge in [-0.15, -0.1) is 0 Å². The Balaban J connectivity index is 2.13. The van der Waals surface area contributed by atoms with E-state index in [-0.39, 0.29) is 5.91 Å². The summed E-state index contributed by atoms with van der Waals surface area (Å²) in [5.74, 6) is 0.776. The molecule has 0 aromatic rings. The van der Waals surface area contributed by atoms with E-state index < -0.39 is 11.7 Å². The first-order valence-corrected chi connectivity index (χ1v) is 7.52. The first-order chi connectivity index (χ1) is 9.26. The van der Waals surface area contributed by atoms with Crippen molar-refractivity contribution in [1.82, 2.24) is 10.6 Å². The minimum absolute atomic E-state index is 0.000566. The normalized spacial score (nSPS) is 23.0. The van der Waals surface area contributed by atoms with Crippen molar-refractivity contribution in [2.24, 2.45) is 5.92 Å². The maximum atomic E-state index is 11.8. The summed E-state index contributed by atoms with van der Waals surface area (Å²) < 4.78 is 5.10. The Kier molecular flexibility index (Phi) is 6.30. The molecule has 5 heteroatoms. The average Bonchev–Trinajstić information content (AvgIpc) is 2.29. The van der Waals surface area contributed by atoms with Gasteiger partial charge in [0.2, 0.25) is 5.91 Å². The number of carbonyl (C=O) groups is 2. The summed E-state index contributed by atoms with van der Waals surface area (Å²) in [4.78, 5) is 23.2. The molecule has 5 nitrogen and oxygen atoms in total. The van der Waals surface area contributed by atoms with E-state index >= 15 is 0 Å². The number of hydrogen-bond acceptors (Lipinski definition) is 3. The largest absolute Gasteiger partial charge is 0.444 e. The first-order valence-electron chi connectivity index (χ1n) is 7.52. The summed E-state index contributed by atoms with van der Waals surface area (Å²) in [6, 6.07) is 0.306. The Hall–Kier alpha value is -1.26. The summed E-state index contributed by atoms with van der Waals surface area (Å²) in [6.07, 6.45) is 4.31. The van der Waals surface area contributed by atoms with Gasteiger partial charge in [0.1, 0.15) is 5.60 Å². The lowest BCUT2D eigenvalue weighted by Gasteiger charge is -2.27. The zero-order chi connectivity index (χ0) is 15.2. The lowest BCUT2D eigenvalue weighted by molar-refractivity contribution is -0.121. The Labute approximate surface area is 121 Å². The van der Waals surface area contributed by atoms with Crippen LogP contribution in [0.4, 0.5) is 4.79 Å². The minimum Gasteiger partial charge on any atom is -0.444 e. The van der Waals surface area contributed by atoms with Crippen LogP contribution in [0.5, 0.6) is 0 Å². The molecule has 1 aliphatic rings. The molecule has 0 aromatic carbocycles. The van der Waals surface area contributed by atoms with Crippen LogP contribution in [-0.2, 0) is 9.53 Å². The van der Waals surface area contributed by atoms with E-state index in [0.29, 0.717) is 19.0 Å².